The van der Waals surface area contributed by atoms with Crippen LogP contribution >= 0.6 is 31.9 Å². The molecule has 0 bridgehead atoms. The lowest BCUT2D eigenvalue weighted by Gasteiger charge is -2.01. The van der Waals surface area contributed by atoms with Crippen molar-refractivity contribution in [3.8, 4) is 0 Å². The first kappa shape index (κ1) is 11.6. The fourth-order valence-corrected chi connectivity index (χ4v) is 2.32. The molecule has 16 heavy (non-hydrogen) atoms. The smallest absolute Gasteiger partial charge is 0.0254 e. The number of hydrogen-bond acceptors (Lipinski definition) is 0. The predicted octanol–water partition coefficient (Wildman–Crippen LogP) is 5.34. The summed E-state index contributed by atoms with van der Waals surface area (Å²) >= 11 is 7.13. The van der Waals surface area contributed by atoms with Gasteiger partial charge in [0.25, 0.3) is 0 Å². The average Bonchev–Trinajstić information content (AvgIpc) is 2.33. The molecule has 0 nitrogen and oxygen atoms in total. The van der Waals surface area contributed by atoms with E-state index < -0.39 is 0 Å². The second kappa shape index (κ2) is 5.46. The molecule has 0 saturated heterocycles. The molecule has 0 fully saturated rings. The molecular weight excluding hydrogens is 328 g/mol. The molecule has 0 atom stereocenters. The van der Waals surface area contributed by atoms with Crippen LogP contribution in [0.1, 0.15) is 11.1 Å². The van der Waals surface area contributed by atoms with Crippen molar-refractivity contribution in [2.75, 3.05) is 0 Å². The van der Waals surface area contributed by atoms with Gasteiger partial charge in [-0.3, -0.25) is 0 Å². The molecule has 2 heteroatoms. The van der Waals surface area contributed by atoms with Gasteiger partial charge in [-0.1, -0.05) is 80.4 Å². The van der Waals surface area contributed by atoms with Crippen LogP contribution in [0.3, 0.4) is 0 Å². The Balaban J connectivity index is 2.36. The Morgan fingerprint density at radius 2 is 1.50 bits per heavy atom. The highest BCUT2D eigenvalue weighted by atomic mass is 79.9. The summed E-state index contributed by atoms with van der Waals surface area (Å²) in [6, 6.07) is 18.4. The zero-order chi connectivity index (χ0) is 11.4. The third-order valence-electron chi connectivity index (χ3n) is 2.24. The Morgan fingerprint density at radius 3 is 2.19 bits per heavy atom. The lowest BCUT2D eigenvalue weighted by Crippen LogP contribution is -1.78. The number of hydrogen-bond donors (Lipinski definition) is 0. The van der Waals surface area contributed by atoms with Gasteiger partial charge in [0.15, 0.2) is 0 Å². The fraction of sp³-hybridized carbons (Fsp3) is 0. The Hall–Kier alpha value is -0.860. The van der Waals surface area contributed by atoms with E-state index >= 15 is 0 Å². The van der Waals surface area contributed by atoms with E-state index in [2.05, 4.69) is 56.1 Å². The van der Waals surface area contributed by atoms with Gasteiger partial charge in [-0.25, -0.2) is 0 Å². The summed E-state index contributed by atoms with van der Waals surface area (Å²) in [5.41, 5.74) is 2.34. The van der Waals surface area contributed by atoms with Crippen LogP contribution < -0.4 is 0 Å². The molecule has 0 radical (unpaired) electrons. The zero-order valence-corrected chi connectivity index (χ0v) is 11.7. The average molecular weight is 338 g/mol. The van der Waals surface area contributed by atoms with Crippen LogP contribution in [0.25, 0.3) is 10.6 Å². The molecule has 2 aromatic rings. The van der Waals surface area contributed by atoms with Gasteiger partial charge in [0.2, 0.25) is 0 Å². The summed E-state index contributed by atoms with van der Waals surface area (Å²) in [7, 11) is 0. The molecule has 0 aliphatic heterocycles. The first-order valence-electron chi connectivity index (χ1n) is 4.94. The molecule has 0 N–H and O–H groups in total. The molecule has 0 aromatic heterocycles. The molecule has 0 spiro atoms. The van der Waals surface area contributed by atoms with Crippen molar-refractivity contribution in [3.63, 3.8) is 0 Å². The monoisotopic (exact) mass is 336 g/mol. The topological polar surface area (TPSA) is 0 Å². The van der Waals surface area contributed by atoms with E-state index in [1.54, 1.807) is 0 Å². The van der Waals surface area contributed by atoms with Gasteiger partial charge in [0.05, 0.1) is 0 Å². The van der Waals surface area contributed by atoms with Crippen molar-refractivity contribution in [2.45, 2.75) is 0 Å². The summed E-state index contributed by atoms with van der Waals surface area (Å²) in [6.07, 6.45) is 2.11. The second-order valence-electron chi connectivity index (χ2n) is 3.38. The van der Waals surface area contributed by atoms with E-state index in [1.165, 1.54) is 11.1 Å². The van der Waals surface area contributed by atoms with E-state index in [9.17, 15) is 0 Å². The van der Waals surface area contributed by atoms with E-state index in [4.69, 9.17) is 0 Å². The Morgan fingerprint density at radius 1 is 0.875 bits per heavy atom. The largest absolute Gasteiger partial charge is 0.0622 e. The van der Waals surface area contributed by atoms with Gasteiger partial charge < -0.3 is 0 Å². The van der Waals surface area contributed by atoms with Crippen LogP contribution in [0, 0.1) is 0 Å². The highest BCUT2D eigenvalue weighted by Gasteiger charge is 1.99. The lowest BCUT2D eigenvalue weighted by atomic mass is 10.1. The van der Waals surface area contributed by atoms with E-state index in [0.29, 0.717) is 0 Å². The third-order valence-corrected chi connectivity index (χ3v) is 3.65. The van der Waals surface area contributed by atoms with Gasteiger partial charge in [-0.2, -0.15) is 0 Å². The molecule has 2 aromatic carbocycles. The molecule has 0 amide bonds. The summed E-state index contributed by atoms with van der Waals surface area (Å²) in [5, 5.41) is 0. The molecule has 0 saturated carbocycles. The fourth-order valence-electron chi connectivity index (χ4n) is 1.41. The van der Waals surface area contributed by atoms with Crippen LogP contribution in [0.4, 0.5) is 0 Å². The molecule has 0 heterocycles. The van der Waals surface area contributed by atoms with Crippen LogP contribution in [-0.2, 0) is 0 Å². The van der Waals surface area contributed by atoms with Crippen LogP contribution in [-0.4, -0.2) is 0 Å². The Bertz CT molecular complexity index is 501. The highest BCUT2D eigenvalue weighted by Crippen LogP contribution is 2.26. The minimum absolute atomic E-state index is 1.08. The Labute approximate surface area is 112 Å². The quantitative estimate of drug-likeness (QED) is 0.648. The summed E-state index contributed by atoms with van der Waals surface area (Å²) in [6.45, 7) is 0. The van der Waals surface area contributed by atoms with Crippen molar-refractivity contribution < 1.29 is 0 Å². The molecule has 0 aliphatic rings. The first-order chi connectivity index (χ1) is 7.77. The number of halogens is 2. The summed E-state index contributed by atoms with van der Waals surface area (Å²) in [5.74, 6) is 0. The van der Waals surface area contributed by atoms with E-state index in [-0.39, 0.29) is 0 Å². The predicted molar refractivity (Wildman–Crippen MR) is 77.4 cm³/mol. The molecule has 80 valence electrons. The second-order valence-corrected chi connectivity index (χ2v) is 5.09. The first-order valence-corrected chi connectivity index (χ1v) is 6.53. The third kappa shape index (κ3) is 2.83. The van der Waals surface area contributed by atoms with Gasteiger partial charge in [-0.15, -0.1) is 0 Å². The van der Waals surface area contributed by atoms with Gasteiger partial charge in [0, 0.05) is 8.96 Å². The van der Waals surface area contributed by atoms with Crippen LogP contribution in [0.15, 0.2) is 59.1 Å². The van der Waals surface area contributed by atoms with Crippen molar-refractivity contribution >= 4 is 42.4 Å². The van der Waals surface area contributed by atoms with E-state index in [0.717, 1.165) is 8.96 Å². The molecule has 0 aliphatic carbocycles. The van der Waals surface area contributed by atoms with Gasteiger partial charge >= 0.3 is 0 Å². The number of rotatable bonds is 2. The maximum Gasteiger partial charge on any atom is 0.0254 e. The van der Waals surface area contributed by atoms with Crippen molar-refractivity contribution in [2.24, 2.45) is 0 Å². The summed E-state index contributed by atoms with van der Waals surface area (Å²) in [4.78, 5) is 0. The molecule has 0 unspecified atom stereocenters. The zero-order valence-electron chi connectivity index (χ0n) is 8.53. The standard InChI is InChI=1S/C14H10Br2/c15-13-9-5-4-8-12(13)10-14(16)11-6-2-1-3-7-11/h1-10H. The summed E-state index contributed by atoms with van der Waals surface area (Å²) < 4.78 is 2.18. The molecule has 2 rings (SSSR count). The minimum Gasteiger partial charge on any atom is -0.0622 e. The van der Waals surface area contributed by atoms with Crippen molar-refractivity contribution in [1.82, 2.24) is 0 Å². The van der Waals surface area contributed by atoms with Gasteiger partial charge in [-0.05, 0) is 23.3 Å². The normalized spacial score (nSPS) is 11.5. The van der Waals surface area contributed by atoms with Crippen molar-refractivity contribution in [1.29, 1.82) is 0 Å². The van der Waals surface area contributed by atoms with E-state index in [1.807, 2.05) is 36.4 Å². The maximum absolute atomic E-state index is 3.60. The lowest BCUT2D eigenvalue weighted by molar-refractivity contribution is 1.60. The minimum atomic E-state index is 1.08. The van der Waals surface area contributed by atoms with Crippen LogP contribution in [0.2, 0.25) is 0 Å². The van der Waals surface area contributed by atoms with Crippen molar-refractivity contribution in [3.05, 3.63) is 70.2 Å². The SMILES string of the molecule is BrC(=Cc1ccccc1Br)c1ccccc1. The Kier molecular flexibility index (Phi) is 3.97. The highest BCUT2D eigenvalue weighted by molar-refractivity contribution is 9.15. The number of benzene rings is 2. The molecular formula is C14H10Br2. The maximum atomic E-state index is 3.60. The van der Waals surface area contributed by atoms with Gasteiger partial charge in [0.1, 0.15) is 0 Å². The van der Waals surface area contributed by atoms with Crippen LogP contribution in [0.5, 0.6) is 0 Å².